The van der Waals surface area contributed by atoms with Gasteiger partial charge in [0, 0.05) is 6.54 Å². The van der Waals surface area contributed by atoms with Crippen molar-refractivity contribution in [3.05, 3.63) is 66.0 Å². The molecule has 0 spiro atoms. The first-order valence-corrected chi connectivity index (χ1v) is 6.47. The maximum absolute atomic E-state index is 11.2. The number of hydrogen-bond donors (Lipinski definition) is 1. The number of carbonyl (C=O) groups is 1. The number of carboxylic acids is 1. The summed E-state index contributed by atoms with van der Waals surface area (Å²) in [4.78, 5) is 15.4. The fraction of sp³-hybridized carbons (Fsp3) is 0.125. The quantitative estimate of drug-likeness (QED) is 0.789. The molecule has 4 nitrogen and oxygen atoms in total. The molecule has 0 aliphatic heterocycles. The Morgan fingerprint density at radius 2 is 1.90 bits per heavy atom. The molecule has 0 aliphatic carbocycles. The molecule has 1 heterocycles. The van der Waals surface area contributed by atoms with Gasteiger partial charge in [-0.15, -0.1) is 0 Å². The fourth-order valence-electron chi connectivity index (χ4n) is 2.33. The van der Waals surface area contributed by atoms with E-state index >= 15 is 0 Å². The Hall–Kier alpha value is -2.62. The summed E-state index contributed by atoms with van der Waals surface area (Å²) in [5.74, 6) is -0.941. The maximum atomic E-state index is 11.2. The molecule has 0 atom stereocenters. The van der Waals surface area contributed by atoms with Crippen molar-refractivity contribution in [3.63, 3.8) is 0 Å². The van der Waals surface area contributed by atoms with Crippen LogP contribution >= 0.6 is 0 Å². The minimum Gasteiger partial charge on any atom is -0.478 e. The number of aromatic nitrogens is 2. The highest BCUT2D eigenvalue weighted by atomic mass is 16.4. The minimum absolute atomic E-state index is 0.251. The topological polar surface area (TPSA) is 55.1 Å². The molecule has 1 aromatic heterocycles. The lowest BCUT2D eigenvalue weighted by atomic mass is 10.1. The molecule has 4 heteroatoms. The molecule has 100 valence electrons. The Bertz CT molecular complexity index is 748. The SMILES string of the molecule is O=C(O)c1cccc2c1ncn2CCc1ccccc1. The Morgan fingerprint density at radius 3 is 2.65 bits per heavy atom. The fourth-order valence-corrected chi connectivity index (χ4v) is 2.33. The van der Waals surface area contributed by atoms with E-state index in [1.807, 2.05) is 28.8 Å². The normalized spacial score (nSPS) is 10.8. The van der Waals surface area contributed by atoms with Gasteiger partial charge in [0.05, 0.1) is 17.4 Å². The molecule has 0 fully saturated rings. The minimum atomic E-state index is -0.941. The van der Waals surface area contributed by atoms with E-state index in [1.165, 1.54) is 5.56 Å². The second kappa shape index (κ2) is 5.17. The highest BCUT2D eigenvalue weighted by Crippen LogP contribution is 2.18. The van der Waals surface area contributed by atoms with Gasteiger partial charge in [-0.3, -0.25) is 0 Å². The van der Waals surface area contributed by atoms with Crippen LogP contribution in [0.3, 0.4) is 0 Å². The van der Waals surface area contributed by atoms with Crippen LogP contribution in [0.4, 0.5) is 0 Å². The summed E-state index contributed by atoms with van der Waals surface area (Å²) in [6, 6.07) is 15.4. The molecule has 3 rings (SSSR count). The zero-order valence-electron chi connectivity index (χ0n) is 10.9. The molecule has 0 saturated carbocycles. The third-order valence-corrected chi connectivity index (χ3v) is 3.36. The van der Waals surface area contributed by atoms with Crippen molar-refractivity contribution in [1.29, 1.82) is 0 Å². The summed E-state index contributed by atoms with van der Waals surface area (Å²) in [6.45, 7) is 0.781. The van der Waals surface area contributed by atoms with Crippen molar-refractivity contribution in [2.45, 2.75) is 13.0 Å². The average molecular weight is 266 g/mol. The second-order valence-corrected chi connectivity index (χ2v) is 4.65. The standard InChI is InChI=1S/C16H14N2O2/c19-16(20)13-7-4-8-14-15(13)17-11-18(14)10-9-12-5-2-1-3-6-12/h1-8,11H,9-10H2,(H,19,20). The van der Waals surface area contributed by atoms with Gasteiger partial charge in [0.15, 0.2) is 0 Å². The molecule has 0 radical (unpaired) electrons. The number of rotatable bonds is 4. The maximum Gasteiger partial charge on any atom is 0.337 e. The lowest BCUT2D eigenvalue weighted by Crippen LogP contribution is -2.01. The second-order valence-electron chi connectivity index (χ2n) is 4.65. The number of benzene rings is 2. The number of imidazole rings is 1. The van der Waals surface area contributed by atoms with Gasteiger partial charge in [0.1, 0.15) is 5.52 Å². The third kappa shape index (κ3) is 2.28. The number of aryl methyl sites for hydroxylation is 2. The molecule has 2 aromatic carbocycles. The monoisotopic (exact) mass is 266 g/mol. The van der Waals surface area contributed by atoms with Gasteiger partial charge in [0.25, 0.3) is 0 Å². The van der Waals surface area contributed by atoms with Crippen molar-refractivity contribution in [2.75, 3.05) is 0 Å². The summed E-state index contributed by atoms with van der Waals surface area (Å²) in [6.07, 6.45) is 2.60. The van der Waals surface area contributed by atoms with E-state index in [-0.39, 0.29) is 5.56 Å². The van der Waals surface area contributed by atoms with Crippen LogP contribution in [0, 0.1) is 0 Å². The lowest BCUT2D eigenvalue weighted by Gasteiger charge is -2.05. The van der Waals surface area contributed by atoms with E-state index in [9.17, 15) is 4.79 Å². The van der Waals surface area contributed by atoms with Crippen LogP contribution in [0.1, 0.15) is 15.9 Å². The van der Waals surface area contributed by atoms with E-state index in [0.717, 1.165) is 18.5 Å². The zero-order valence-corrected chi connectivity index (χ0v) is 10.9. The number of fused-ring (bicyclic) bond motifs is 1. The number of para-hydroxylation sites is 1. The number of aromatic carboxylic acids is 1. The largest absolute Gasteiger partial charge is 0.478 e. The van der Waals surface area contributed by atoms with Crippen LogP contribution in [-0.4, -0.2) is 20.6 Å². The highest BCUT2D eigenvalue weighted by Gasteiger charge is 2.12. The molecular weight excluding hydrogens is 252 g/mol. The summed E-state index contributed by atoms with van der Waals surface area (Å²) >= 11 is 0. The van der Waals surface area contributed by atoms with Gasteiger partial charge in [-0.2, -0.15) is 0 Å². The predicted octanol–water partition coefficient (Wildman–Crippen LogP) is 2.98. The van der Waals surface area contributed by atoms with E-state index in [2.05, 4.69) is 17.1 Å². The van der Waals surface area contributed by atoms with Crippen LogP contribution in [0.15, 0.2) is 54.9 Å². The lowest BCUT2D eigenvalue weighted by molar-refractivity contribution is 0.0699. The first kappa shape index (κ1) is 12.4. The molecule has 3 aromatic rings. The summed E-state index contributed by atoms with van der Waals surface area (Å²) in [5.41, 5.74) is 2.92. The molecule has 0 amide bonds. The number of carboxylic acid groups (broad SMARTS) is 1. The number of nitrogens with zero attached hydrogens (tertiary/aromatic N) is 2. The predicted molar refractivity (Wildman–Crippen MR) is 76.8 cm³/mol. The van der Waals surface area contributed by atoms with Crippen LogP contribution < -0.4 is 0 Å². The average Bonchev–Trinajstić information content (AvgIpc) is 2.89. The smallest absolute Gasteiger partial charge is 0.337 e. The molecule has 0 bridgehead atoms. The van der Waals surface area contributed by atoms with Crippen molar-refractivity contribution in [3.8, 4) is 0 Å². The van der Waals surface area contributed by atoms with Crippen molar-refractivity contribution < 1.29 is 9.90 Å². The van der Waals surface area contributed by atoms with Crippen LogP contribution in [0.25, 0.3) is 11.0 Å². The van der Waals surface area contributed by atoms with Crippen LogP contribution in [-0.2, 0) is 13.0 Å². The van der Waals surface area contributed by atoms with E-state index in [4.69, 9.17) is 5.11 Å². The van der Waals surface area contributed by atoms with E-state index < -0.39 is 5.97 Å². The van der Waals surface area contributed by atoms with Gasteiger partial charge in [-0.1, -0.05) is 36.4 Å². The van der Waals surface area contributed by atoms with Crippen molar-refractivity contribution >= 4 is 17.0 Å². The Morgan fingerprint density at radius 1 is 1.10 bits per heavy atom. The molecular formula is C16H14N2O2. The van der Waals surface area contributed by atoms with Gasteiger partial charge in [-0.25, -0.2) is 9.78 Å². The Kier molecular flexibility index (Phi) is 3.21. The molecule has 1 N–H and O–H groups in total. The van der Waals surface area contributed by atoms with Gasteiger partial charge in [-0.05, 0) is 24.1 Å². The molecule has 0 saturated heterocycles. The van der Waals surface area contributed by atoms with Crippen molar-refractivity contribution in [1.82, 2.24) is 9.55 Å². The molecule has 0 unspecified atom stereocenters. The Balaban J connectivity index is 1.90. The summed E-state index contributed by atoms with van der Waals surface area (Å²) < 4.78 is 1.99. The van der Waals surface area contributed by atoms with Crippen molar-refractivity contribution in [2.24, 2.45) is 0 Å². The Labute approximate surface area is 116 Å². The zero-order chi connectivity index (χ0) is 13.9. The van der Waals surface area contributed by atoms with Gasteiger partial charge >= 0.3 is 5.97 Å². The number of hydrogen-bond acceptors (Lipinski definition) is 2. The highest BCUT2D eigenvalue weighted by molar-refractivity contribution is 6.00. The molecule has 20 heavy (non-hydrogen) atoms. The molecule has 0 aliphatic rings. The van der Waals surface area contributed by atoms with E-state index in [0.29, 0.717) is 5.52 Å². The summed E-state index contributed by atoms with van der Waals surface area (Å²) in [7, 11) is 0. The van der Waals surface area contributed by atoms with Gasteiger partial charge < -0.3 is 9.67 Å². The van der Waals surface area contributed by atoms with E-state index in [1.54, 1.807) is 18.5 Å². The van der Waals surface area contributed by atoms with Crippen LogP contribution in [0.5, 0.6) is 0 Å². The first-order valence-electron chi connectivity index (χ1n) is 6.47. The summed E-state index contributed by atoms with van der Waals surface area (Å²) in [5, 5.41) is 9.15. The first-order chi connectivity index (χ1) is 9.75. The van der Waals surface area contributed by atoms with Crippen LogP contribution in [0.2, 0.25) is 0 Å². The third-order valence-electron chi connectivity index (χ3n) is 3.36. The van der Waals surface area contributed by atoms with Gasteiger partial charge in [0.2, 0.25) is 0 Å².